The highest BCUT2D eigenvalue weighted by atomic mass is 16.7. The number of carbonyl (C=O) groups excluding carboxylic acids is 1. The summed E-state index contributed by atoms with van der Waals surface area (Å²) in [5.41, 5.74) is 26.8. The monoisotopic (exact) mass is 681 g/mol. The highest BCUT2D eigenvalue weighted by Gasteiger charge is 2.60. The fourth-order valence-corrected chi connectivity index (χ4v) is 6.40. The van der Waals surface area contributed by atoms with Gasteiger partial charge in [0.25, 0.3) is 0 Å². The molecule has 3 unspecified atom stereocenters. The lowest BCUT2D eigenvalue weighted by Crippen LogP contribution is -2.67. The van der Waals surface area contributed by atoms with Crippen LogP contribution >= 0.6 is 0 Å². The van der Waals surface area contributed by atoms with Crippen molar-refractivity contribution < 1.29 is 64.6 Å². The van der Waals surface area contributed by atoms with Crippen molar-refractivity contribution in [1.29, 1.82) is 0 Å². The van der Waals surface area contributed by atoms with E-state index in [-0.39, 0.29) is 31.8 Å². The van der Waals surface area contributed by atoms with Gasteiger partial charge in [0.05, 0.1) is 24.8 Å². The first-order valence-corrected chi connectivity index (χ1v) is 15.7. The molecule has 19 N–H and O–H groups in total. The molecule has 20 heteroatoms. The van der Waals surface area contributed by atoms with Crippen molar-refractivity contribution in [2.75, 3.05) is 26.2 Å². The molecule has 4 fully saturated rings. The summed E-state index contributed by atoms with van der Waals surface area (Å²) >= 11 is 0. The zero-order valence-corrected chi connectivity index (χ0v) is 25.8. The van der Waals surface area contributed by atoms with E-state index in [2.05, 4.69) is 10.3 Å². The zero-order chi connectivity index (χ0) is 34.8. The van der Waals surface area contributed by atoms with Crippen molar-refractivity contribution in [3.8, 4) is 0 Å². The number of nitrogens with one attached hydrogen (secondary N) is 1. The summed E-state index contributed by atoms with van der Waals surface area (Å²) in [5, 5.41) is 87.9. The summed E-state index contributed by atoms with van der Waals surface area (Å²) in [5.74, 6) is -1.90. The van der Waals surface area contributed by atoms with E-state index in [0.29, 0.717) is 19.5 Å². The molecular weight excluding hydrogens is 630 g/mol. The molecule has 47 heavy (non-hydrogen) atoms. The Hall–Kier alpha value is -1.70. The average Bonchev–Trinajstić information content (AvgIpc) is 3.68. The van der Waals surface area contributed by atoms with Gasteiger partial charge in [-0.25, -0.2) is 4.99 Å². The Morgan fingerprint density at radius 2 is 1.53 bits per heavy atom. The second-order valence-corrected chi connectivity index (χ2v) is 12.8. The predicted octanol–water partition coefficient (Wildman–Crippen LogP) is -8.29. The van der Waals surface area contributed by atoms with Crippen molar-refractivity contribution >= 4 is 11.7 Å². The first-order chi connectivity index (χ1) is 22.1. The number of nitrogens with two attached hydrogens (primary N) is 5. The quantitative estimate of drug-likeness (QED) is 0.0459. The van der Waals surface area contributed by atoms with Crippen molar-refractivity contribution in [3.63, 3.8) is 0 Å². The summed E-state index contributed by atoms with van der Waals surface area (Å²) in [6, 6.07) is -3.21. The Bertz CT molecular complexity index is 1080. The molecule has 0 aromatic heterocycles. The normalized spacial score (nSPS) is 47.0. The molecule has 0 bridgehead atoms. The highest BCUT2D eigenvalue weighted by Crippen LogP contribution is 2.43. The van der Waals surface area contributed by atoms with Gasteiger partial charge < -0.3 is 93.8 Å². The Morgan fingerprint density at radius 3 is 2.17 bits per heavy atom. The third kappa shape index (κ3) is 8.37. The van der Waals surface area contributed by atoms with Gasteiger partial charge in [0.15, 0.2) is 24.3 Å². The van der Waals surface area contributed by atoms with Crippen molar-refractivity contribution in [2.24, 2.45) is 39.6 Å². The number of Topliss-reactive ketones (excluding diaryl/α,β-unsaturated/α-hetero) is 1. The first-order valence-electron chi connectivity index (χ1n) is 15.7. The number of hydrogen-bond acceptors (Lipinski definition) is 18. The number of rotatable bonds is 14. The topological polar surface area (TPSA) is 370 Å². The van der Waals surface area contributed by atoms with E-state index in [1.165, 1.54) is 0 Å². The minimum Gasteiger partial charge on any atom is -0.394 e. The Kier molecular flexibility index (Phi) is 12.9. The van der Waals surface area contributed by atoms with Gasteiger partial charge in [-0.05, 0) is 31.8 Å². The minimum atomic E-state index is -1.86. The van der Waals surface area contributed by atoms with Gasteiger partial charge in [-0.15, -0.1) is 0 Å². The fourth-order valence-electron chi connectivity index (χ4n) is 6.40. The van der Waals surface area contributed by atoms with E-state index < -0.39 is 116 Å². The van der Waals surface area contributed by atoms with Gasteiger partial charge in [0.2, 0.25) is 0 Å². The zero-order valence-electron chi connectivity index (χ0n) is 25.8. The number of nitrogens with zero attached hydrogens (tertiary/aromatic N) is 1. The minimum absolute atomic E-state index is 0.0367. The number of guanidine groups is 1. The SMILES string of the molecule is NCCCNC[C@H]1O[C@H](OC2[C@@H](N)C[C@@H](CC(=O)C3(O)CC3N=C(N)N)[C@H](O[C@H]3O[C@H](CO)[C@@H](O)[C@H](N)[C@H]3O)[C@H]2O)[C@H](O)[C@@H](O)[C@@H]1O. The van der Waals surface area contributed by atoms with Gasteiger partial charge in [0.1, 0.15) is 60.5 Å². The second kappa shape index (κ2) is 15.9. The van der Waals surface area contributed by atoms with Crippen LogP contribution < -0.4 is 34.0 Å². The summed E-state index contributed by atoms with van der Waals surface area (Å²) < 4.78 is 23.2. The van der Waals surface area contributed by atoms with Crippen LogP contribution in [0.2, 0.25) is 0 Å². The van der Waals surface area contributed by atoms with Gasteiger partial charge >= 0.3 is 0 Å². The van der Waals surface area contributed by atoms with E-state index in [0.717, 1.165) is 0 Å². The number of ether oxygens (including phenoxy) is 4. The predicted molar refractivity (Wildman–Crippen MR) is 160 cm³/mol. The molecule has 0 amide bonds. The van der Waals surface area contributed by atoms with E-state index >= 15 is 0 Å². The van der Waals surface area contributed by atoms with Crippen LogP contribution in [0.1, 0.15) is 25.7 Å². The molecule has 20 nitrogen and oxygen atoms in total. The molecule has 4 aliphatic rings. The van der Waals surface area contributed by atoms with Gasteiger partial charge in [-0.1, -0.05) is 0 Å². The number of aliphatic hydroxyl groups is 8. The number of hydrogen-bond donors (Lipinski definition) is 14. The molecule has 0 spiro atoms. The Balaban J connectivity index is 1.54. The van der Waals surface area contributed by atoms with Crippen LogP contribution in [0, 0.1) is 5.92 Å². The van der Waals surface area contributed by atoms with Gasteiger partial charge in [-0.3, -0.25) is 4.79 Å². The van der Waals surface area contributed by atoms with Crippen LogP contribution in [0.5, 0.6) is 0 Å². The van der Waals surface area contributed by atoms with Crippen LogP contribution in [0.3, 0.4) is 0 Å². The van der Waals surface area contributed by atoms with Gasteiger partial charge in [-0.2, -0.15) is 0 Å². The lowest BCUT2D eigenvalue weighted by atomic mass is 9.76. The van der Waals surface area contributed by atoms with Crippen LogP contribution in [0.25, 0.3) is 0 Å². The lowest BCUT2D eigenvalue weighted by Gasteiger charge is -2.49. The standard InChI is InChI=1S/C27H51N7O13/c28-2-1-3-33-7-11-17(38)19(40)20(41)25(44-11)47-23-10(29)4-9(5-14(36)27(43)6-13(27)34-26(31)32)22(21(23)42)46-24-18(39)15(30)16(37)12(8-35)45-24/h9-13,15-25,33,35,37-43H,1-8,28-30H2,(H4,31,32,34)/t9-,10-,11+,12+,13?,15-,16+,17+,18+,19-,20+,21+,22-,23?,24+,25+,27?/m0/s1. The number of ketones is 1. The maximum absolute atomic E-state index is 13.3. The number of aliphatic hydroxyl groups excluding tert-OH is 7. The molecule has 272 valence electrons. The molecule has 2 saturated heterocycles. The molecule has 17 atom stereocenters. The molecule has 0 aromatic carbocycles. The average molecular weight is 682 g/mol. The molecule has 2 heterocycles. The second-order valence-electron chi connectivity index (χ2n) is 12.8. The molecule has 0 aromatic rings. The van der Waals surface area contributed by atoms with Crippen molar-refractivity contribution in [3.05, 3.63) is 0 Å². The van der Waals surface area contributed by atoms with Crippen molar-refractivity contribution in [1.82, 2.24) is 5.32 Å². The van der Waals surface area contributed by atoms with Crippen LogP contribution in [-0.2, 0) is 23.7 Å². The Labute approximate surface area is 270 Å². The lowest BCUT2D eigenvalue weighted by molar-refractivity contribution is -0.335. The summed E-state index contributed by atoms with van der Waals surface area (Å²) in [6.07, 6.45) is -17.8. The van der Waals surface area contributed by atoms with E-state index in [1.54, 1.807) is 0 Å². The molecule has 4 rings (SSSR count). The fraction of sp³-hybridized carbons (Fsp3) is 0.926. The maximum Gasteiger partial charge on any atom is 0.187 e. The summed E-state index contributed by atoms with van der Waals surface area (Å²) in [7, 11) is 0. The smallest absolute Gasteiger partial charge is 0.187 e. The third-order valence-corrected chi connectivity index (χ3v) is 9.36. The summed E-state index contributed by atoms with van der Waals surface area (Å²) in [4.78, 5) is 17.1. The maximum atomic E-state index is 13.3. The largest absolute Gasteiger partial charge is 0.394 e. The molecular formula is C27H51N7O13. The molecule has 2 aliphatic carbocycles. The number of aliphatic imine (C=N–C) groups is 1. The van der Waals surface area contributed by atoms with E-state index in [1.807, 2.05) is 0 Å². The van der Waals surface area contributed by atoms with E-state index in [9.17, 15) is 45.6 Å². The van der Waals surface area contributed by atoms with Crippen molar-refractivity contribution in [2.45, 2.75) is 123 Å². The molecule has 2 saturated carbocycles. The van der Waals surface area contributed by atoms with Crippen LogP contribution in [0.15, 0.2) is 4.99 Å². The van der Waals surface area contributed by atoms with Crippen LogP contribution in [-0.4, -0.2) is 176 Å². The molecule has 0 radical (unpaired) electrons. The summed E-state index contributed by atoms with van der Waals surface area (Å²) in [6.45, 7) is 0.305. The first kappa shape index (κ1) is 38.1. The van der Waals surface area contributed by atoms with Crippen LogP contribution in [0.4, 0.5) is 0 Å². The van der Waals surface area contributed by atoms with Gasteiger partial charge in [0, 0.05) is 25.4 Å². The number of carbonyl (C=O) groups is 1. The highest BCUT2D eigenvalue weighted by molar-refractivity contribution is 5.92. The third-order valence-electron chi connectivity index (χ3n) is 9.36. The Morgan fingerprint density at radius 1 is 0.894 bits per heavy atom. The van der Waals surface area contributed by atoms with E-state index in [4.69, 9.17) is 47.6 Å². The molecule has 2 aliphatic heterocycles.